The lowest BCUT2D eigenvalue weighted by Crippen LogP contribution is -2.35. The largest absolute Gasteiger partial charge is 0.381 e. The third-order valence-corrected chi connectivity index (χ3v) is 6.28. The second kappa shape index (κ2) is 8.49. The van der Waals surface area contributed by atoms with Crippen molar-refractivity contribution in [3.8, 4) is 0 Å². The van der Waals surface area contributed by atoms with Crippen molar-refractivity contribution in [1.82, 2.24) is 0 Å². The number of carbonyl (C=O) groups excluding carboxylic acids is 1. The van der Waals surface area contributed by atoms with E-state index < -0.39 is 0 Å². The normalized spacial score (nSPS) is 18.9. The Bertz CT molecular complexity index is 964. The molecular formula is C22H23N3O3S. The SMILES string of the molecule is COC1(c2cccc(Sc3ccc(C4=NC(N)=NC(=O)C4)cc3)c2)CCOCC1. The van der Waals surface area contributed by atoms with Crippen LogP contribution in [0.2, 0.25) is 0 Å². The summed E-state index contributed by atoms with van der Waals surface area (Å²) >= 11 is 1.69. The molecular weight excluding hydrogens is 386 g/mol. The van der Waals surface area contributed by atoms with Crippen molar-refractivity contribution >= 4 is 29.3 Å². The zero-order valence-electron chi connectivity index (χ0n) is 16.3. The number of amides is 1. The summed E-state index contributed by atoms with van der Waals surface area (Å²) in [7, 11) is 1.78. The molecule has 6 nitrogen and oxygen atoms in total. The first-order chi connectivity index (χ1) is 14.1. The maximum absolute atomic E-state index is 11.6. The van der Waals surface area contributed by atoms with E-state index in [0.29, 0.717) is 18.9 Å². The van der Waals surface area contributed by atoms with E-state index in [1.165, 1.54) is 5.56 Å². The molecule has 1 amide bonds. The monoisotopic (exact) mass is 409 g/mol. The van der Waals surface area contributed by atoms with Crippen LogP contribution >= 0.6 is 11.8 Å². The molecule has 1 fully saturated rings. The van der Waals surface area contributed by atoms with Gasteiger partial charge in [0.2, 0.25) is 5.96 Å². The molecule has 0 spiro atoms. The van der Waals surface area contributed by atoms with Gasteiger partial charge in [0, 0.05) is 43.0 Å². The van der Waals surface area contributed by atoms with Crippen molar-refractivity contribution in [2.75, 3.05) is 20.3 Å². The van der Waals surface area contributed by atoms with Crippen molar-refractivity contribution in [2.45, 2.75) is 34.7 Å². The lowest BCUT2D eigenvalue weighted by Gasteiger charge is -2.36. The molecule has 0 saturated carbocycles. The van der Waals surface area contributed by atoms with Crippen molar-refractivity contribution in [2.24, 2.45) is 15.7 Å². The Labute approximate surface area is 174 Å². The number of hydrogen-bond donors (Lipinski definition) is 1. The van der Waals surface area contributed by atoms with Gasteiger partial charge in [0.15, 0.2) is 0 Å². The second-order valence-corrected chi connectivity index (χ2v) is 8.21. The topological polar surface area (TPSA) is 86.3 Å². The first kappa shape index (κ1) is 19.8. The molecule has 0 unspecified atom stereocenters. The van der Waals surface area contributed by atoms with E-state index in [1.807, 2.05) is 24.3 Å². The number of hydrogen-bond acceptors (Lipinski definition) is 6. The Kier molecular flexibility index (Phi) is 5.80. The van der Waals surface area contributed by atoms with Gasteiger partial charge in [0.05, 0.1) is 17.7 Å². The molecule has 4 rings (SSSR count). The van der Waals surface area contributed by atoms with Crippen LogP contribution in [0.3, 0.4) is 0 Å². The summed E-state index contributed by atoms with van der Waals surface area (Å²) in [5, 5.41) is 0. The highest BCUT2D eigenvalue weighted by atomic mass is 32.2. The number of benzene rings is 2. The highest BCUT2D eigenvalue weighted by Gasteiger charge is 2.34. The van der Waals surface area contributed by atoms with E-state index in [0.717, 1.165) is 28.2 Å². The predicted molar refractivity (Wildman–Crippen MR) is 114 cm³/mol. The molecule has 2 aliphatic rings. The first-order valence-corrected chi connectivity index (χ1v) is 10.4. The molecule has 2 aromatic carbocycles. The van der Waals surface area contributed by atoms with E-state index in [-0.39, 0.29) is 23.9 Å². The predicted octanol–water partition coefficient (Wildman–Crippen LogP) is 3.52. The van der Waals surface area contributed by atoms with Crippen molar-refractivity contribution in [1.29, 1.82) is 0 Å². The van der Waals surface area contributed by atoms with Crippen LogP contribution in [0.15, 0.2) is 68.3 Å². The van der Waals surface area contributed by atoms with Gasteiger partial charge in [-0.05, 0) is 35.4 Å². The molecule has 0 aromatic heterocycles. The number of guanidine groups is 1. The lowest BCUT2D eigenvalue weighted by atomic mass is 9.86. The average Bonchev–Trinajstić information content (AvgIpc) is 2.74. The van der Waals surface area contributed by atoms with Gasteiger partial charge >= 0.3 is 0 Å². The highest BCUT2D eigenvalue weighted by Crippen LogP contribution is 2.38. The van der Waals surface area contributed by atoms with Crippen molar-refractivity contribution in [3.63, 3.8) is 0 Å². The van der Waals surface area contributed by atoms with Crippen LogP contribution in [-0.4, -0.2) is 37.9 Å². The third kappa shape index (κ3) is 4.42. The number of aliphatic imine (C=N–C) groups is 2. The molecule has 150 valence electrons. The van der Waals surface area contributed by atoms with Gasteiger partial charge in [0.25, 0.3) is 5.91 Å². The molecule has 0 aliphatic carbocycles. The zero-order chi connectivity index (χ0) is 20.3. The van der Waals surface area contributed by atoms with Gasteiger partial charge in [-0.25, -0.2) is 4.99 Å². The average molecular weight is 410 g/mol. The Morgan fingerprint density at radius 1 is 1.07 bits per heavy atom. The minimum absolute atomic E-state index is 0.0201. The van der Waals surface area contributed by atoms with Gasteiger partial charge in [-0.1, -0.05) is 36.0 Å². The van der Waals surface area contributed by atoms with Gasteiger partial charge in [0.1, 0.15) is 0 Å². The number of nitrogens with two attached hydrogens (primary N) is 1. The van der Waals surface area contributed by atoms with E-state index in [1.54, 1.807) is 18.9 Å². The van der Waals surface area contributed by atoms with Crippen LogP contribution in [0, 0.1) is 0 Å². The smallest absolute Gasteiger partial charge is 0.254 e. The first-order valence-electron chi connectivity index (χ1n) is 9.54. The van der Waals surface area contributed by atoms with Crippen molar-refractivity contribution < 1.29 is 14.3 Å². The molecule has 2 aliphatic heterocycles. The second-order valence-electron chi connectivity index (χ2n) is 7.06. The summed E-state index contributed by atoms with van der Waals surface area (Å²) < 4.78 is 11.4. The maximum Gasteiger partial charge on any atom is 0.254 e. The molecule has 0 radical (unpaired) electrons. The summed E-state index contributed by atoms with van der Waals surface area (Å²) in [6, 6.07) is 16.5. The van der Waals surface area contributed by atoms with Gasteiger partial charge in [-0.3, -0.25) is 4.79 Å². The van der Waals surface area contributed by atoms with Crippen LogP contribution in [0.5, 0.6) is 0 Å². The van der Waals surface area contributed by atoms with Crippen molar-refractivity contribution in [3.05, 3.63) is 59.7 Å². The Hall–Kier alpha value is -2.48. The fourth-order valence-corrected chi connectivity index (χ4v) is 4.56. The minimum atomic E-state index is -0.272. The van der Waals surface area contributed by atoms with E-state index in [9.17, 15) is 4.79 Å². The fraction of sp³-hybridized carbons (Fsp3) is 0.318. The molecule has 0 bridgehead atoms. The van der Waals surface area contributed by atoms with E-state index >= 15 is 0 Å². The van der Waals surface area contributed by atoms with Crippen LogP contribution in [0.25, 0.3) is 0 Å². The Morgan fingerprint density at radius 3 is 2.52 bits per heavy atom. The van der Waals surface area contributed by atoms with Crippen LogP contribution in [-0.2, 0) is 19.9 Å². The molecule has 0 atom stereocenters. The Morgan fingerprint density at radius 2 is 1.83 bits per heavy atom. The standard InChI is InChI=1S/C22H23N3O3S/c1-27-22(9-11-28-12-10-22)16-3-2-4-18(13-16)29-17-7-5-15(6-8-17)19-14-20(26)25-21(23)24-19/h2-8,13H,9-12,14H2,1H3,(H2,23,25,26). The fourth-order valence-electron chi connectivity index (χ4n) is 3.69. The zero-order valence-corrected chi connectivity index (χ0v) is 17.1. The van der Waals surface area contributed by atoms with Gasteiger partial charge in [-0.15, -0.1) is 0 Å². The number of ether oxygens (including phenoxy) is 2. The van der Waals surface area contributed by atoms with Gasteiger partial charge < -0.3 is 15.2 Å². The number of carbonyl (C=O) groups is 1. The van der Waals surface area contributed by atoms with E-state index in [4.69, 9.17) is 15.2 Å². The summed E-state index contributed by atoms with van der Waals surface area (Å²) in [6.07, 6.45) is 1.90. The summed E-state index contributed by atoms with van der Waals surface area (Å²) in [5.41, 5.74) is 8.06. The molecule has 1 saturated heterocycles. The van der Waals surface area contributed by atoms with Crippen LogP contribution in [0.4, 0.5) is 0 Å². The summed E-state index contributed by atoms with van der Waals surface area (Å²) in [5.74, 6) is -0.241. The lowest BCUT2D eigenvalue weighted by molar-refractivity contribution is -0.116. The number of methoxy groups -OCH3 is 1. The molecule has 7 heteroatoms. The number of rotatable bonds is 5. The van der Waals surface area contributed by atoms with E-state index in [2.05, 4.69) is 34.3 Å². The van der Waals surface area contributed by atoms with Crippen LogP contribution < -0.4 is 5.73 Å². The maximum atomic E-state index is 11.6. The summed E-state index contributed by atoms with van der Waals surface area (Å²) in [4.78, 5) is 21.7. The molecule has 2 N–H and O–H groups in total. The molecule has 29 heavy (non-hydrogen) atoms. The summed E-state index contributed by atoms with van der Waals surface area (Å²) in [6.45, 7) is 1.43. The molecule has 2 heterocycles. The number of nitrogens with zero attached hydrogens (tertiary/aromatic N) is 2. The van der Waals surface area contributed by atoms with Gasteiger partial charge in [-0.2, -0.15) is 4.99 Å². The molecule has 2 aromatic rings. The van der Waals surface area contributed by atoms with Crippen LogP contribution in [0.1, 0.15) is 30.4 Å². The third-order valence-electron chi connectivity index (χ3n) is 5.28. The minimum Gasteiger partial charge on any atom is -0.381 e. The Balaban J connectivity index is 1.51. The highest BCUT2D eigenvalue weighted by molar-refractivity contribution is 7.99. The quantitative estimate of drug-likeness (QED) is 0.816.